The predicted octanol–water partition coefficient (Wildman–Crippen LogP) is 0.153. The Labute approximate surface area is 80.4 Å². The van der Waals surface area contributed by atoms with Crippen molar-refractivity contribution in [1.82, 2.24) is 15.6 Å². The molecule has 0 atom stereocenters. The molecule has 1 fully saturated rings. The van der Waals surface area contributed by atoms with Crippen LogP contribution in [0, 0.1) is 6.92 Å². The molecule has 0 saturated carbocycles. The molecule has 0 radical (unpaired) electrons. The Kier molecular flexibility index (Phi) is 2.28. The van der Waals surface area contributed by atoms with Gasteiger partial charge < -0.3 is 10.6 Å². The van der Waals surface area contributed by atoms with E-state index in [1.54, 1.807) is 6.20 Å². The Morgan fingerprint density at radius 1 is 1.77 bits per heavy atom. The van der Waals surface area contributed by atoms with Crippen LogP contribution in [0.3, 0.4) is 0 Å². The first-order chi connectivity index (χ1) is 6.25. The van der Waals surface area contributed by atoms with Crippen LogP contribution in [-0.4, -0.2) is 30.0 Å². The zero-order valence-electron chi connectivity index (χ0n) is 7.33. The summed E-state index contributed by atoms with van der Waals surface area (Å²) in [6.07, 6.45) is 1.63. The van der Waals surface area contributed by atoms with Crippen molar-refractivity contribution < 1.29 is 4.79 Å². The topological polar surface area (TPSA) is 54.0 Å². The van der Waals surface area contributed by atoms with E-state index in [-0.39, 0.29) is 5.91 Å². The lowest BCUT2D eigenvalue weighted by molar-refractivity contribution is 0.0928. The molecule has 1 aliphatic rings. The summed E-state index contributed by atoms with van der Waals surface area (Å²) in [5.74, 6) is -0.00269. The van der Waals surface area contributed by atoms with Crippen LogP contribution in [0.25, 0.3) is 0 Å². The molecule has 1 aromatic heterocycles. The first-order valence-corrected chi connectivity index (χ1v) is 5.01. The lowest BCUT2D eigenvalue weighted by Crippen LogP contribution is -2.56. The fourth-order valence-corrected chi connectivity index (χ4v) is 1.79. The van der Waals surface area contributed by atoms with Gasteiger partial charge in [-0.3, -0.25) is 4.79 Å². The van der Waals surface area contributed by atoms with Gasteiger partial charge in [0.15, 0.2) is 0 Å². The van der Waals surface area contributed by atoms with E-state index in [9.17, 15) is 4.79 Å². The average Bonchev–Trinajstić information content (AvgIpc) is 2.44. The highest BCUT2D eigenvalue weighted by Gasteiger charge is 2.20. The quantitative estimate of drug-likeness (QED) is 0.709. The van der Waals surface area contributed by atoms with E-state index in [0.29, 0.717) is 10.9 Å². The highest BCUT2D eigenvalue weighted by Crippen LogP contribution is 2.11. The van der Waals surface area contributed by atoms with Gasteiger partial charge in [-0.2, -0.15) is 0 Å². The Morgan fingerprint density at radius 3 is 3.00 bits per heavy atom. The molecule has 13 heavy (non-hydrogen) atoms. The van der Waals surface area contributed by atoms with Crippen LogP contribution in [0.1, 0.15) is 14.7 Å². The van der Waals surface area contributed by atoms with E-state index in [4.69, 9.17) is 0 Å². The van der Waals surface area contributed by atoms with Gasteiger partial charge in [0, 0.05) is 13.1 Å². The second-order valence-electron chi connectivity index (χ2n) is 3.07. The third-order valence-corrected chi connectivity index (χ3v) is 2.87. The molecule has 1 aliphatic heterocycles. The molecule has 5 heteroatoms. The Bertz CT molecular complexity index is 319. The number of carbonyl (C=O) groups is 1. The second kappa shape index (κ2) is 3.43. The highest BCUT2D eigenvalue weighted by atomic mass is 32.1. The minimum Gasteiger partial charge on any atom is -0.346 e. The van der Waals surface area contributed by atoms with Gasteiger partial charge in [-0.1, -0.05) is 0 Å². The number of rotatable bonds is 2. The maximum Gasteiger partial charge on any atom is 0.263 e. The van der Waals surface area contributed by atoms with Crippen molar-refractivity contribution in [2.45, 2.75) is 13.0 Å². The zero-order valence-corrected chi connectivity index (χ0v) is 8.15. The van der Waals surface area contributed by atoms with Crippen molar-refractivity contribution in [3.8, 4) is 0 Å². The highest BCUT2D eigenvalue weighted by molar-refractivity contribution is 7.13. The van der Waals surface area contributed by atoms with Crippen LogP contribution in [-0.2, 0) is 0 Å². The number of nitrogens with zero attached hydrogens (tertiary/aromatic N) is 1. The number of hydrogen-bond acceptors (Lipinski definition) is 4. The number of carbonyl (C=O) groups excluding carboxylic acids is 1. The van der Waals surface area contributed by atoms with E-state index in [1.165, 1.54) is 11.3 Å². The van der Waals surface area contributed by atoms with Crippen LogP contribution in [0.5, 0.6) is 0 Å². The van der Waals surface area contributed by atoms with Gasteiger partial charge in [-0.25, -0.2) is 4.98 Å². The Balaban J connectivity index is 1.96. The maximum atomic E-state index is 11.5. The molecule has 4 nitrogen and oxygen atoms in total. The molecular formula is C8H11N3OS. The van der Waals surface area contributed by atoms with Gasteiger partial charge in [0.2, 0.25) is 0 Å². The lowest BCUT2D eigenvalue weighted by atomic mass is 10.2. The summed E-state index contributed by atoms with van der Waals surface area (Å²) in [7, 11) is 0. The number of hydrogen-bond donors (Lipinski definition) is 2. The van der Waals surface area contributed by atoms with Crippen LogP contribution in [0.15, 0.2) is 6.20 Å². The predicted molar refractivity (Wildman–Crippen MR) is 51.0 cm³/mol. The third kappa shape index (κ3) is 1.87. The Morgan fingerprint density at radius 2 is 2.54 bits per heavy atom. The molecule has 0 unspecified atom stereocenters. The minimum absolute atomic E-state index is 0.00269. The van der Waals surface area contributed by atoms with Gasteiger partial charge in [-0.05, 0) is 6.92 Å². The summed E-state index contributed by atoms with van der Waals surface area (Å²) in [5, 5.41) is 6.94. The van der Waals surface area contributed by atoms with Gasteiger partial charge in [0.25, 0.3) is 5.91 Å². The molecule has 0 aromatic carbocycles. The standard InChI is InChI=1S/C8H11N3OS/c1-5-10-4-7(13-5)8(12)11-6-2-9-3-6/h4,6,9H,2-3H2,1H3,(H,11,12). The van der Waals surface area contributed by atoms with Crippen LogP contribution in [0.2, 0.25) is 0 Å². The molecule has 0 aliphatic carbocycles. The second-order valence-corrected chi connectivity index (χ2v) is 4.31. The first kappa shape index (κ1) is 8.65. The zero-order chi connectivity index (χ0) is 9.26. The molecule has 1 aromatic rings. The van der Waals surface area contributed by atoms with Crippen molar-refractivity contribution in [2.24, 2.45) is 0 Å². The van der Waals surface area contributed by atoms with Gasteiger partial charge in [0.1, 0.15) is 4.88 Å². The Hall–Kier alpha value is -0.940. The molecule has 0 spiro atoms. The molecule has 0 bridgehead atoms. The fourth-order valence-electron chi connectivity index (χ4n) is 1.11. The summed E-state index contributed by atoms with van der Waals surface area (Å²) in [5.41, 5.74) is 0. The maximum absolute atomic E-state index is 11.5. The largest absolute Gasteiger partial charge is 0.346 e. The van der Waals surface area contributed by atoms with Gasteiger partial charge >= 0.3 is 0 Å². The van der Waals surface area contributed by atoms with Gasteiger partial charge in [0.05, 0.1) is 17.2 Å². The van der Waals surface area contributed by atoms with Crippen LogP contribution in [0.4, 0.5) is 0 Å². The average molecular weight is 197 g/mol. The normalized spacial score (nSPS) is 16.7. The SMILES string of the molecule is Cc1ncc(C(=O)NC2CNC2)s1. The lowest BCUT2D eigenvalue weighted by Gasteiger charge is -2.27. The fraction of sp³-hybridized carbons (Fsp3) is 0.500. The summed E-state index contributed by atoms with van der Waals surface area (Å²) in [4.78, 5) is 16.2. The molecule has 2 N–H and O–H groups in total. The number of aryl methyl sites for hydroxylation is 1. The number of aromatic nitrogens is 1. The molecule has 2 rings (SSSR count). The first-order valence-electron chi connectivity index (χ1n) is 4.20. The number of nitrogens with one attached hydrogen (secondary N) is 2. The van der Waals surface area contributed by atoms with E-state index >= 15 is 0 Å². The summed E-state index contributed by atoms with van der Waals surface area (Å²) in [6, 6.07) is 0.301. The monoisotopic (exact) mass is 197 g/mol. The molecular weight excluding hydrogens is 186 g/mol. The summed E-state index contributed by atoms with van der Waals surface area (Å²) >= 11 is 1.43. The molecule has 1 saturated heterocycles. The summed E-state index contributed by atoms with van der Waals surface area (Å²) in [6.45, 7) is 3.65. The number of amides is 1. The van der Waals surface area contributed by atoms with Gasteiger partial charge in [-0.15, -0.1) is 11.3 Å². The van der Waals surface area contributed by atoms with Crippen LogP contribution < -0.4 is 10.6 Å². The van der Waals surface area contributed by atoms with Crippen molar-refractivity contribution in [2.75, 3.05) is 13.1 Å². The number of thiazole rings is 1. The van der Waals surface area contributed by atoms with E-state index in [2.05, 4.69) is 15.6 Å². The molecule has 70 valence electrons. The molecule has 1 amide bonds. The van der Waals surface area contributed by atoms with Crippen LogP contribution >= 0.6 is 11.3 Å². The van der Waals surface area contributed by atoms with E-state index in [1.807, 2.05) is 6.92 Å². The van der Waals surface area contributed by atoms with E-state index < -0.39 is 0 Å². The smallest absolute Gasteiger partial charge is 0.263 e. The van der Waals surface area contributed by atoms with E-state index in [0.717, 1.165) is 18.1 Å². The van der Waals surface area contributed by atoms with Crippen molar-refractivity contribution >= 4 is 17.2 Å². The van der Waals surface area contributed by atoms with Crippen molar-refractivity contribution in [3.05, 3.63) is 16.1 Å². The van der Waals surface area contributed by atoms with Crippen molar-refractivity contribution in [1.29, 1.82) is 0 Å². The molecule has 2 heterocycles. The van der Waals surface area contributed by atoms with Crippen molar-refractivity contribution in [3.63, 3.8) is 0 Å². The third-order valence-electron chi connectivity index (χ3n) is 1.96. The minimum atomic E-state index is -0.00269. The summed E-state index contributed by atoms with van der Waals surface area (Å²) < 4.78 is 0.